The molecule has 8 rings (SSSR count). The molecule has 3 saturated heterocycles. The molecule has 11 heteroatoms. The van der Waals surface area contributed by atoms with Gasteiger partial charge in [0.25, 0.3) is 5.91 Å². The van der Waals surface area contributed by atoms with Crippen molar-refractivity contribution in [1.82, 2.24) is 19.8 Å². The third-order valence-electron chi connectivity index (χ3n) is 8.86. The summed E-state index contributed by atoms with van der Waals surface area (Å²) >= 11 is 6.31. The molecule has 0 radical (unpaired) electrons. The minimum atomic E-state index is -0.743. The molecule has 7 nitrogen and oxygen atoms in total. The number of fused-ring (bicyclic) bond motifs is 6. The maximum Gasteiger partial charge on any atom is 0.256 e. The van der Waals surface area contributed by atoms with Crippen LogP contribution < -0.4 is 5.32 Å². The Bertz CT molecular complexity index is 1800. The van der Waals surface area contributed by atoms with Crippen molar-refractivity contribution in [3.63, 3.8) is 0 Å². The van der Waals surface area contributed by atoms with Crippen LogP contribution in [0.3, 0.4) is 0 Å². The summed E-state index contributed by atoms with van der Waals surface area (Å²) in [6, 6.07) is 13.1. The van der Waals surface area contributed by atoms with E-state index >= 15 is 4.39 Å². The SMILES string of the molecule is CN(C(=O)c1ccc(Nc2ncc3c(n2)-c2ccc(Cl)cc2C(c2c(F)cccc2F)=NC3)cc1F)C1CN2CCC1CC2. The number of likely N-dealkylation sites (N-methyl/N-ethyl adjacent to an activating group) is 1. The Labute approximate surface area is 257 Å². The van der Waals surface area contributed by atoms with Crippen molar-refractivity contribution in [2.75, 3.05) is 32.0 Å². The van der Waals surface area contributed by atoms with Gasteiger partial charge in [0.05, 0.1) is 29.1 Å². The third-order valence-corrected chi connectivity index (χ3v) is 9.09. The van der Waals surface area contributed by atoms with Crippen LogP contribution in [-0.2, 0) is 6.54 Å². The highest BCUT2D eigenvalue weighted by Gasteiger charge is 2.38. The number of halogens is 4. The van der Waals surface area contributed by atoms with Crippen molar-refractivity contribution >= 4 is 34.9 Å². The van der Waals surface area contributed by atoms with Gasteiger partial charge in [-0.05, 0) is 74.3 Å². The Balaban J connectivity index is 1.16. The van der Waals surface area contributed by atoms with E-state index in [4.69, 9.17) is 11.6 Å². The van der Waals surface area contributed by atoms with E-state index in [-0.39, 0.29) is 41.3 Å². The normalized spacial score (nSPS) is 20.3. The van der Waals surface area contributed by atoms with Crippen molar-refractivity contribution in [1.29, 1.82) is 0 Å². The highest BCUT2D eigenvalue weighted by atomic mass is 35.5. The van der Waals surface area contributed by atoms with Crippen LogP contribution in [0.4, 0.5) is 24.8 Å². The van der Waals surface area contributed by atoms with Crippen molar-refractivity contribution < 1.29 is 18.0 Å². The number of carbonyl (C=O) groups is 1. The van der Waals surface area contributed by atoms with Crippen LogP contribution in [0.5, 0.6) is 0 Å². The number of nitrogens with zero attached hydrogens (tertiary/aromatic N) is 5. The van der Waals surface area contributed by atoms with Crippen LogP contribution in [0.15, 0.2) is 65.8 Å². The van der Waals surface area contributed by atoms with Crippen LogP contribution in [-0.4, -0.2) is 64.1 Å². The van der Waals surface area contributed by atoms with E-state index in [2.05, 4.69) is 25.2 Å². The third kappa shape index (κ3) is 5.11. The van der Waals surface area contributed by atoms with E-state index in [0.29, 0.717) is 39.0 Å². The Hall–Kier alpha value is -4.28. The van der Waals surface area contributed by atoms with Gasteiger partial charge in [-0.2, -0.15) is 0 Å². The Kier molecular flexibility index (Phi) is 7.34. The summed E-state index contributed by atoms with van der Waals surface area (Å²) in [5, 5.41) is 3.39. The number of amides is 1. The Morgan fingerprint density at radius 3 is 2.48 bits per heavy atom. The molecule has 1 N–H and O–H groups in total. The van der Waals surface area contributed by atoms with E-state index in [9.17, 15) is 13.6 Å². The first-order valence-electron chi connectivity index (χ1n) is 14.5. The Morgan fingerprint density at radius 1 is 1.00 bits per heavy atom. The van der Waals surface area contributed by atoms with Crippen LogP contribution in [0.1, 0.15) is 39.9 Å². The number of rotatable bonds is 5. The van der Waals surface area contributed by atoms with Crippen LogP contribution in [0.25, 0.3) is 11.3 Å². The minimum absolute atomic E-state index is 0.00760. The van der Waals surface area contributed by atoms with Gasteiger partial charge >= 0.3 is 0 Å². The van der Waals surface area contributed by atoms with E-state index in [0.717, 1.165) is 32.5 Å². The number of nitrogens with one attached hydrogen (secondary N) is 1. The number of aromatic nitrogens is 2. The molecule has 4 aromatic rings. The summed E-state index contributed by atoms with van der Waals surface area (Å²) in [5.74, 6) is -1.86. The zero-order chi connectivity index (χ0) is 30.5. The van der Waals surface area contributed by atoms with Crippen molar-refractivity contribution in [2.45, 2.75) is 25.4 Å². The minimum Gasteiger partial charge on any atom is -0.337 e. The van der Waals surface area contributed by atoms with E-state index in [1.54, 1.807) is 42.4 Å². The first-order chi connectivity index (χ1) is 21.3. The number of hydrogen-bond donors (Lipinski definition) is 1. The molecule has 4 aliphatic heterocycles. The molecule has 1 amide bonds. The first-order valence-corrected chi connectivity index (χ1v) is 14.9. The molecular formula is C33H28ClF3N6O. The molecule has 0 saturated carbocycles. The van der Waals surface area contributed by atoms with Crippen molar-refractivity contribution in [3.8, 4) is 11.3 Å². The van der Waals surface area contributed by atoms with E-state index < -0.39 is 17.5 Å². The fourth-order valence-corrected chi connectivity index (χ4v) is 6.70. The fraction of sp³-hybridized carbons (Fsp3) is 0.273. The molecular weight excluding hydrogens is 589 g/mol. The van der Waals surface area contributed by atoms with Gasteiger partial charge < -0.3 is 15.1 Å². The average Bonchev–Trinajstić information content (AvgIpc) is 3.17. The van der Waals surface area contributed by atoms with Gasteiger partial charge in [0, 0.05) is 53.2 Å². The largest absolute Gasteiger partial charge is 0.337 e. The second kappa shape index (κ2) is 11.3. The average molecular weight is 617 g/mol. The lowest BCUT2D eigenvalue weighted by molar-refractivity contribution is 0.0160. The van der Waals surface area contributed by atoms with Crippen LogP contribution in [0.2, 0.25) is 5.02 Å². The molecule has 0 spiro atoms. The van der Waals surface area contributed by atoms with Gasteiger partial charge in [0.15, 0.2) is 0 Å². The highest BCUT2D eigenvalue weighted by molar-refractivity contribution is 6.31. The van der Waals surface area contributed by atoms with E-state index in [1.165, 1.54) is 30.3 Å². The molecule has 4 aliphatic rings. The lowest BCUT2D eigenvalue weighted by atomic mass is 9.83. The summed E-state index contributed by atoms with van der Waals surface area (Å²) < 4.78 is 45.0. The summed E-state index contributed by atoms with van der Waals surface area (Å²) in [4.78, 5) is 30.9. The van der Waals surface area contributed by atoms with Crippen LogP contribution in [0, 0.1) is 23.4 Å². The smallest absolute Gasteiger partial charge is 0.256 e. The molecule has 1 atom stereocenters. The summed E-state index contributed by atoms with van der Waals surface area (Å²) in [7, 11) is 1.75. The maximum absolute atomic E-state index is 15.3. The monoisotopic (exact) mass is 616 g/mol. The van der Waals surface area contributed by atoms with Gasteiger partial charge in [-0.25, -0.2) is 23.1 Å². The quantitative estimate of drug-likeness (QED) is 0.278. The second-order valence-corrected chi connectivity index (χ2v) is 11.9. The van der Waals surface area contributed by atoms with Gasteiger partial charge in [-0.15, -0.1) is 0 Å². The zero-order valence-corrected chi connectivity index (χ0v) is 24.6. The van der Waals surface area contributed by atoms with Gasteiger partial charge in [-0.1, -0.05) is 23.7 Å². The molecule has 5 heterocycles. The lowest BCUT2D eigenvalue weighted by Crippen LogP contribution is -2.57. The lowest BCUT2D eigenvalue weighted by Gasteiger charge is -2.48. The van der Waals surface area contributed by atoms with Crippen molar-refractivity contribution in [2.24, 2.45) is 10.9 Å². The molecule has 44 heavy (non-hydrogen) atoms. The Morgan fingerprint density at radius 2 is 1.77 bits per heavy atom. The van der Waals surface area contributed by atoms with E-state index in [1.807, 2.05) is 0 Å². The molecule has 1 unspecified atom stereocenters. The molecule has 1 aromatic heterocycles. The number of aliphatic imine (C=N–C) groups is 1. The second-order valence-electron chi connectivity index (χ2n) is 11.5. The van der Waals surface area contributed by atoms with Crippen LogP contribution >= 0.6 is 11.6 Å². The molecule has 0 aliphatic carbocycles. The van der Waals surface area contributed by atoms with Gasteiger partial charge in [0.1, 0.15) is 17.5 Å². The number of piperidine rings is 3. The predicted molar refractivity (Wildman–Crippen MR) is 163 cm³/mol. The predicted octanol–water partition coefficient (Wildman–Crippen LogP) is 6.48. The number of carbonyl (C=O) groups excluding carboxylic acids is 1. The standard InChI is InChI=1S/C33H28ClF3N6O/c1-42(28-17-43-11-9-18(28)10-12-43)32(44)23-8-6-21(14-27(23)37)40-33-39-16-19-15-38-31(29-25(35)3-2-4-26(29)36)24-13-20(34)5-7-22(24)30(19)41-33/h2-8,13-14,16,18,28H,9-12,15,17H2,1H3,(H,39,40,41). The topological polar surface area (TPSA) is 73.7 Å². The molecule has 3 fully saturated rings. The fourth-order valence-electron chi connectivity index (χ4n) is 6.53. The number of hydrogen-bond acceptors (Lipinski definition) is 6. The zero-order valence-electron chi connectivity index (χ0n) is 23.8. The molecule has 224 valence electrons. The van der Waals surface area contributed by atoms with Gasteiger partial charge in [0.2, 0.25) is 5.95 Å². The number of anilines is 2. The molecule has 3 aromatic carbocycles. The highest BCUT2D eigenvalue weighted by Crippen LogP contribution is 2.35. The summed E-state index contributed by atoms with van der Waals surface area (Å²) in [6.07, 6.45) is 3.68. The summed E-state index contributed by atoms with van der Waals surface area (Å²) in [5.41, 5.74) is 2.36. The molecule has 2 bridgehead atoms. The van der Waals surface area contributed by atoms with Gasteiger partial charge in [-0.3, -0.25) is 9.79 Å². The van der Waals surface area contributed by atoms with Crippen molar-refractivity contribution in [3.05, 3.63) is 106 Å². The number of benzene rings is 3. The first kappa shape index (κ1) is 28.5. The maximum atomic E-state index is 15.3. The summed E-state index contributed by atoms with van der Waals surface area (Å²) in [6.45, 7) is 3.01.